The van der Waals surface area contributed by atoms with Crippen LogP contribution < -0.4 is 14.5 Å². The fraction of sp³-hybridized carbons (Fsp3) is 0.300. The second-order valence-corrected chi connectivity index (χ2v) is 6.51. The highest BCUT2D eigenvalue weighted by Crippen LogP contribution is 2.27. The van der Waals surface area contributed by atoms with Crippen molar-refractivity contribution in [2.45, 2.75) is 6.92 Å². The van der Waals surface area contributed by atoms with Gasteiger partial charge in [0.05, 0.1) is 12.6 Å². The van der Waals surface area contributed by atoms with Gasteiger partial charge >= 0.3 is 0 Å². The number of fused-ring (bicyclic) bond motifs is 1. The molecule has 1 aromatic heterocycles. The summed E-state index contributed by atoms with van der Waals surface area (Å²) in [5, 5.41) is 1.08. The van der Waals surface area contributed by atoms with Gasteiger partial charge in [0.15, 0.2) is 11.6 Å². The van der Waals surface area contributed by atoms with Crippen LogP contribution in [0, 0.1) is 12.7 Å². The lowest BCUT2D eigenvalue weighted by Gasteiger charge is -2.37. The van der Waals surface area contributed by atoms with E-state index in [0.717, 1.165) is 48.6 Å². The number of hydrogen-bond acceptors (Lipinski definition) is 5. The number of aryl methyl sites for hydroxylation is 1. The van der Waals surface area contributed by atoms with Crippen molar-refractivity contribution in [2.24, 2.45) is 0 Å². The number of halogens is 1. The van der Waals surface area contributed by atoms with Crippen LogP contribution in [-0.2, 0) is 0 Å². The second-order valence-electron chi connectivity index (χ2n) is 6.51. The Bertz CT molecular complexity index is 938. The van der Waals surface area contributed by atoms with Crippen molar-refractivity contribution in [3.8, 4) is 5.75 Å². The van der Waals surface area contributed by atoms with Crippen LogP contribution in [0.1, 0.15) is 5.56 Å². The van der Waals surface area contributed by atoms with E-state index in [-0.39, 0.29) is 11.6 Å². The molecule has 0 saturated carbocycles. The van der Waals surface area contributed by atoms with Gasteiger partial charge in [0.25, 0.3) is 0 Å². The number of anilines is 2. The highest BCUT2D eigenvalue weighted by atomic mass is 19.1. The Labute approximate surface area is 152 Å². The average Bonchev–Trinajstić information content (AvgIpc) is 2.67. The van der Waals surface area contributed by atoms with Crippen LogP contribution in [0.25, 0.3) is 10.9 Å². The number of ether oxygens (including phenoxy) is 1. The SMILES string of the molecule is COc1ccc(N2CCN(c3ncnc4ccc(C)cc34)CC2)cc1F. The molecule has 134 valence electrons. The Kier molecular flexibility index (Phi) is 4.32. The van der Waals surface area contributed by atoms with Gasteiger partial charge in [-0.25, -0.2) is 14.4 Å². The smallest absolute Gasteiger partial charge is 0.167 e. The molecule has 6 heteroatoms. The van der Waals surface area contributed by atoms with Crippen LogP contribution in [0.3, 0.4) is 0 Å². The first-order chi connectivity index (χ1) is 12.7. The van der Waals surface area contributed by atoms with E-state index >= 15 is 0 Å². The van der Waals surface area contributed by atoms with Gasteiger partial charge in [-0.1, -0.05) is 11.6 Å². The van der Waals surface area contributed by atoms with Crippen molar-refractivity contribution >= 4 is 22.4 Å². The minimum atomic E-state index is -0.329. The highest BCUT2D eigenvalue weighted by molar-refractivity contribution is 5.89. The molecule has 0 radical (unpaired) electrons. The van der Waals surface area contributed by atoms with Crippen LogP contribution in [0.5, 0.6) is 5.75 Å². The number of hydrogen-bond donors (Lipinski definition) is 0. The van der Waals surface area contributed by atoms with Crippen molar-refractivity contribution in [2.75, 3.05) is 43.1 Å². The van der Waals surface area contributed by atoms with Gasteiger partial charge in [-0.15, -0.1) is 0 Å². The van der Waals surface area contributed by atoms with E-state index in [1.807, 2.05) is 12.1 Å². The van der Waals surface area contributed by atoms with E-state index in [1.165, 1.54) is 18.7 Å². The van der Waals surface area contributed by atoms with Crippen LogP contribution in [0.2, 0.25) is 0 Å². The largest absolute Gasteiger partial charge is 0.494 e. The van der Waals surface area contributed by atoms with E-state index in [4.69, 9.17) is 4.74 Å². The van der Waals surface area contributed by atoms with Crippen molar-refractivity contribution in [3.63, 3.8) is 0 Å². The molecule has 0 bridgehead atoms. The number of nitrogens with zero attached hydrogens (tertiary/aromatic N) is 4. The van der Waals surface area contributed by atoms with E-state index in [2.05, 4.69) is 38.8 Å². The predicted octanol–water partition coefficient (Wildman–Crippen LogP) is 3.41. The Morgan fingerprint density at radius 1 is 0.962 bits per heavy atom. The lowest BCUT2D eigenvalue weighted by molar-refractivity contribution is 0.386. The molecule has 0 amide bonds. The molecule has 2 aromatic carbocycles. The maximum atomic E-state index is 14.0. The Hall–Kier alpha value is -2.89. The van der Waals surface area contributed by atoms with E-state index in [0.29, 0.717) is 0 Å². The Morgan fingerprint density at radius 3 is 2.46 bits per heavy atom. The third-order valence-corrected chi connectivity index (χ3v) is 4.85. The number of aromatic nitrogens is 2. The third kappa shape index (κ3) is 3.03. The minimum Gasteiger partial charge on any atom is -0.494 e. The molecule has 1 aliphatic rings. The minimum absolute atomic E-state index is 0.273. The molecule has 0 spiro atoms. The normalized spacial score (nSPS) is 14.7. The molecule has 2 heterocycles. The van der Waals surface area contributed by atoms with Crippen molar-refractivity contribution in [3.05, 3.63) is 54.1 Å². The topological polar surface area (TPSA) is 41.5 Å². The van der Waals surface area contributed by atoms with E-state index in [9.17, 15) is 4.39 Å². The zero-order valence-electron chi connectivity index (χ0n) is 14.9. The van der Waals surface area contributed by atoms with Gasteiger partial charge in [-0.3, -0.25) is 0 Å². The first-order valence-electron chi connectivity index (χ1n) is 8.70. The molecule has 5 nitrogen and oxygen atoms in total. The number of methoxy groups -OCH3 is 1. The third-order valence-electron chi connectivity index (χ3n) is 4.85. The lowest BCUT2D eigenvalue weighted by atomic mass is 10.1. The van der Waals surface area contributed by atoms with Gasteiger partial charge in [-0.2, -0.15) is 0 Å². The van der Waals surface area contributed by atoms with Gasteiger partial charge in [0.2, 0.25) is 0 Å². The average molecular weight is 352 g/mol. The van der Waals surface area contributed by atoms with Gasteiger partial charge < -0.3 is 14.5 Å². The maximum Gasteiger partial charge on any atom is 0.167 e. The molecular weight excluding hydrogens is 331 g/mol. The summed E-state index contributed by atoms with van der Waals surface area (Å²) in [5.41, 5.74) is 3.03. The highest BCUT2D eigenvalue weighted by Gasteiger charge is 2.21. The Balaban J connectivity index is 1.54. The predicted molar refractivity (Wildman–Crippen MR) is 102 cm³/mol. The van der Waals surface area contributed by atoms with Crippen molar-refractivity contribution in [1.29, 1.82) is 0 Å². The van der Waals surface area contributed by atoms with Gasteiger partial charge in [0, 0.05) is 43.3 Å². The summed E-state index contributed by atoms with van der Waals surface area (Å²) in [5.74, 6) is 0.916. The molecule has 3 aromatic rings. The summed E-state index contributed by atoms with van der Waals surface area (Å²) in [6.07, 6.45) is 1.62. The molecule has 1 saturated heterocycles. The zero-order chi connectivity index (χ0) is 18.1. The van der Waals surface area contributed by atoms with Crippen LogP contribution in [-0.4, -0.2) is 43.3 Å². The van der Waals surface area contributed by atoms with Gasteiger partial charge in [-0.05, 0) is 31.2 Å². The molecule has 0 N–H and O–H groups in total. The molecule has 0 atom stereocenters. The molecule has 1 aliphatic heterocycles. The molecule has 0 aliphatic carbocycles. The van der Waals surface area contributed by atoms with Gasteiger partial charge in [0.1, 0.15) is 12.1 Å². The van der Waals surface area contributed by atoms with E-state index < -0.39 is 0 Å². The van der Waals surface area contributed by atoms with E-state index in [1.54, 1.807) is 12.4 Å². The monoisotopic (exact) mass is 352 g/mol. The lowest BCUT2D eigenvalue weighted by Crippen LogP contribution is -2.47. The first kappa shape index (κ1) is 16.6. The van der Waals surface area contributed by atoms with Crippen LogP contribution >= 0.6 is 0 Å². The summed E-state index contributed by atoms with van der Waals surface area (Å²) in [6.45, 7) is 5.35. The van der Waals surface area contributed by atoms with Crippen molar-refractivity contribution in [1.82, 2.24) is 9.97 Å². The number of piperazine rings is 1. The molecule has 0 unspecified atom stereocenters. The van der Waals surface area contributed by atoms with Crippen LogP contribution in [0.4, 0.5) is 15.9 Å². The number of benzene rings is 2. The molecule has 1 fully saturated rings. The summed E-state index contributed by atoms with van der Waals surface area (Å²) in [6, 6.07) is 11.4. The van der Waals surface area contributed by atoms with Crippen LogP contribution in [0.15, 0.2) is 42.7 Å². The maximum absolute atomic E-state index is 14.0. The summed E-state index contributed by atoms with van der Waals surface area (Å²) < 4.78 is 19.0. The molecule has 4 rings (SSSR count). The second kappa shape index (κ2) is 6.78. The molecule has 26 heavy (non-hydrogen) atoms. The summed E-state index contributed by atoms with van der Waals surface area (Å²) in [4.78, 5) is 13.4. The Morgan fingerprint density at radius 2 is 1.73 bits per heavy atom. The standard InChI is InChI=1S/C20H21FN4O/c1-14-3-5-18-16(11-14)20(23-13-22-18)25-9-7-24(8-10-25)15-4-6-19(26-2)17(21)12-15/h3-6,11-13H,7-10H2,1-2H3. The van der Waals surface area contributed by atoms with Crippen molar-refractivity contribution < 1.29 is 9.13 Å². The molecular formula is C20H21FN4O. The fourth-order valence-corrected chi connectivity index (χ4v) is 3.44. The fourth-order valence-electron chi connectivity index (χ4n) is 3.44. The quantitative estimate of drug-likeness (QED) is 0.723. The summed E-state index contributed by atoms with van der Waals surface area (Å²) >= 11 is 0. The zero-order valence-corrected chi connectivity index (χ0v) is 14.9. The first-order valence-corrected chi connectivity index (χ1v) is 8.70. The summed E-state index contributed by atoms with van der Waals surface area (Å²) in [7, 11) is 1.48. The number of rotatable bonds is 3.